The molecule has 1 unspecified atom stereocenters. The van der Waals surface area contributed by atoms with Crippen LogP contribution in [0.15, 0.2) is 54.6 Å². The molecule has 1 amide bonds. The minimum absolute atomic E-state index is 0.0422. The zero-order valence-corrected chi connectivity index (χ0v) is 18.8. The Bertz CT molecular complexity index is 1400. The first-order valence-corrected chi connectivity index (χ1v) is 11.5. The second-order valence-electron chi connectivity index (χ2n) is 8.35. The molecule has 2 aromatic carbocycles. The van der Waals surface area contributed by atoms with Crippen molar-refractivity contribution < 1.29 is 9.72 Å². The van der Waals surface area contributed by atoms with E-state index in [0.717, 1.165) is 35.2 Å². The van der Waals surface area contributed by atoms with Crippen LogP contribution < -0.4 is 11.1 Å². The number of hydrogen-bond acceptors (Lipinski definition) is 6. The predicted octanol–water partition coefficient (Wildman–Crippen LogP) is 5.62. The number of carbonyl (C=O) groups excluding carboxylic acids is 1. The molecule has 1 aliphatic rings. The van der Waals surface area contributed by atoms with Crippen molar-refractivity contribution in [3.05, 3.63) is 92.0 Å². The van der Waals surface area contributed by atoms with Crippen LogP contribution in [0.4, 0.5) is 17.1 Å². The lowest BCUT2D eigenvalue weighted by atomic mass is 9.82. The van der Waals surface area contributed by atoms with Gasteiger partial charge in [-0.15, -0.1) is 11.3 Å². The van der Waals surface area contributed by atoms with Crippen molar-refractivity contribution in [3.8, 4) is 0 Å². The number of anilines is 2. The monoisotopic (exact) mass is 458 g/mol. The van der Waals surface area contributed by atoms with Gasteiger partial charge >= 0.3 is 0 Å². The van der Waals surface area contributed by atoms with Crippen LogP contribution in [0.3, 0.4) is 0 Å². The topological polar surface area (TPSA) is 111 Å². The molecule has 0 saturated heterocycles. The Balaban J connectivity index is 1.44. The van der Waals surface area contributed by atoms with Gasteiger partial charge in [-0.2, -0.15) is 0 Å². The summed E-state index contributed by atoms with van der Waals surface area (Å²) in [6.07, 6.45) is 2.82. The molecule has 7 nitrogen and oxygen atoms in total. The fraction of sp³-hybridized carbons (Fsp3) is 0.200. The van der Waals surface area contributed by atoms with E-state index < -0.39 is 10.8 Å². The Morgan fingerprint density at radius 1 is 1.21 bits per heavy atom. The molecule has 33 heavy (non-hydrogen) atoms. The lowest BCUT2D eigenvalue weighted by Crippen LogP contribution is -2.14. The Labute approximate surface area is 194 Å². The molecule has 1 atom stereocenters. The van der Waals surface area contributed by atoms with Gasteiger partial charge in [0.2, 0.25) is 0 Å². The Hall–Kier alpha value is -3.78. The lowest BCUT2D eigenvalue weighted by Gasteiger charge is -2.24. The number of nitrogen functional groups attached to an aromatic ring is 1. The smallest absolute Gasteiger partial charge is 0.274 e. The van der Waals surface area contributed by atoms with Crippen LogP contribution in [0.1, 0.15) is 44.4 Å². The molecule has 0 radical (unpaired) electrons. The van der Waals surface area contributed by atoms with Crippen molar-refractivity contribution in [2.24, 2.45) is 0 Å². The quantitative estimate of drug-likeness (QED) is 0.304. The Morgan fingerprint density at radius 3 is 2.76 bits per heavy atom. The van der Waals surface area contributed by atoms with Crippen LogP contribution >= 0.6 is 11.3 Å². The number of amides is 1. The number of thiophene rings is 1. The highest BCUT2D eigenvalue weighted by Crippen LogP contribution is 2.38. The van der Waals surface area contributed by atoms with E-state index in [1.54, 1.807) is 19.1 Å². The predicted molar refractivity (Wildman–Crippen MR) is 131 cm³/mol. The summed E-state index contributed by atoms with van der Waals surface area (Å²) in [5.41, 5.74) is 11.2. The number of rotatable bonds is 4. The van der Waals surface area contributed by atoms with Gasteiger partial charge in [-0.25, -0.2) is 4.98 Å². The standard InChI is InChI=1S/C25H22N4O3S/c1-14-7-9-18(13-21(14)29(31)32)27-24(30)23-22(26)19-12-17-11-16(15-5-3-2-4-6-15)8-10-20(17)28-25(19)33-23/h2-7,9,12-13,16H,8,10-11,26H2,1H3,(H,27,30). The van der Waals surface area contributed by atoms with Gasteiger partial charge in [0, 0.05) is 28.4 Å². The molecule has 2 heterocycles. The SMILES string of the molecule is Cc1ccc(NC(=O)c2sc3nc4c(cc3c2N)CC(c2ccccc2)CC4)cc1[N+](=O)[O-]. The molecular formula is C25H22N4O3S. The molecule has 0 fully saturated rings. The number of nitrogens with one attached hydrogen (secondary N) is 1. The van der Waals surface area contributed by atoms with Crippen LogP contribution in [0.2, 0.25) is 0 Å². The second kappa shape index (κ2) is 8.29. The summed E-state index contributed by atoms with van der Waals surface area (Å²) in [5.74, 6) is 0.0479. The maximum absolute atomic E-state index is 13.0. The second-order valence-corrected chi connectivity index (χ2v) is 9.35. The molecule has 5 rings (SSSR count). The van der Waals surface area contributed by atoms with Gasteiger partial charge in [0.05, 0.1) is 10.6 Å². The number of pyridine rings is 1. The first-order valence-electron chi connectivity index (χ1n) is 10.7. The Morgan fingerprint density at radius 2 is 2.00 bits per heavy atom. The summed E-state index contributed by atoms with van der Waals surface area (Å²) in [7, 11) is 0. The van der Waals surface area contributed by atoms with Crippen LogP contribution in [0, 0.1) is 17.0 Å². The van der Waals surface area contributed by atoms with Crippen molar-refractivity contribution in [1.82, 2.24) is 4.98 Å². The zero-order chi connectivity index (χ0) is 23.1. The van der Waals surface area contributed by atoms with Crippen LogP contribution in [0.25, 0.3) is 10.2 Å². The third-order valence-corrected chi connectivity index (χ3v) is 7.34. The maximum atomic E-state index is 13.0. The fourth-order valence-electron chi connectivity index (χ4n) is 4.44. The third kappa shape index (κ3) is 3.93. The van der Waals surface area contributed by atoms with Gasteiger partial charge in [-0.1, -0.05) is 36.4 Å². The van der Waals surface area contributed by atoms with Gasteiger partial charge < -0.3 is 11.1 Å². The molecule has 8 heteroatoms. The number of nitrogens with zero attached hydrogens (tertiary/aromatic N) is 2. The first-order chi connectivity index (χ1) is 15.9. The molecule has 0 saturated carbocycles. The van der Waals surface area contributed by atoms with Gasteiger partial charge in [-0.05, 0) is 55.4 Å². The molecule has 166 valence electrons. The number of hydrogen-bond donors (Lipinski definition) is 2. The summed E-state index contributed by atoms with van der Waals surface area (Å²) >= 11 is 1.25. The fourth-order valence-corrected chi connectivity index (χ4v) is 5.43. The molecule has 2 aromatic heterocycles. The van der Waals surface area contributed by atoms with Crippen molar-refractivity contribution in [2.45, 2.75) is 32.1 Å². The molecule has 1 aliphatic carbocycles. The Kier molecular flexibility index (Phi) is 5.30. The minimum Gasteiger partial charge on any atom is -0.397 e. The van der Waals surface area contributed by atoms with E-state index in [1.807, 2.05) is 6.07 Å². The normalized spacial score (nSPS) is 15.2. The van der Waals surface area contributed by atoms with Crippen LogP contribution in [0.5, 0.6) is 0 Å². The summed E-state index contributed by atoms with van der Waals surface area (Å²) in [6.45, 7) is 1.66. The lowest BCUT2D eigenvalue weighted by molar-refractivity contribution is -0.385. The zero-order valence-electron chi connectivity index (χ0n) is 18.0. The highest BCUT2D eigenvalue weighted by atomic mass is 32.1. The van der Waals surface area contributed by atoms with E-state index in [9.17, 15) is 14.9 Å². The van der Waals surface area contributed by atoms with Gasteiger partial charge in [0.15, 0.2) is 0 Å². The molecule has 4 aromatic rings. The highest BCUT2D eigenvalue weighted by Gasteiger charge is 2.25. The van der Waals surface area contributed by atoms with E-state index in [-0.39, 0.29) is 5.69 Å². The molecule has 0 spiro atoms. The average molecular weight is 459 g/mol. The number of aryl methyl sites for hydroxylation is 2. The van der Waals surface area contributed by atoms with Crippen LogP contribution in [-0.4, -0.2) is 15.8 Å². The van der Waals surface area contributed by atoms with Crippen LogP contribution in [-0.2, 0) is 12.8 Å². The largest absolute Gasteiger partial charge is 0.397 e. The molecule has 0 aliphatic heterocycles. The summed E-state index contributed by atoms with van der Waals surface area (Å²) in [4.78, 5) is 29.6. The summed E-state index contributed by atoms with van der Waals surface area (Å²) in [5, 5.41) is 14.7. The number of nitro benzene ring substituents is 1. The number of fused-ring (bicyclic) bond motifs is 2. The van der Waals surface area contributed by atoms with Crippen molar-refractivity contribution in [1.29, 1.82) is 0 Å². The van der Waals surface area contributed by atoms with E-state index in [0.29, 0.717) is 27.7 Å². The highest BCUT2D eigenvalue weighted by molar-refractivity contribution is 7.21. The first kappa shape index (κ1) is 21.1. The number of aromatic nitrogens is 1. The van der Waals surface area contributed by atoms with Gasteiger partial charge in [0.1, 0.15) is 9.71 Å². The van der Waals surface area contributed by atoms with Gasteiger partial charge in [0.25, 0.3) is 11.6 Å². The molecule has 3 N–H and O–H groups in total. The van der Waals surface area contributed by atoms with Crippen molar-refractivity contribution in [2.75, 3.05) is 11.1 Å². The number of nitro groups is 1. The minimum atomic E-state index is -0.462. The maximum Gasteiger partial charge on any atom is 0.274 e. The number of carbonyl (C=O) groups is 1. The molecule has 0 bridgehead atoms. The van der Waals surface area contributed by atoms with Gasteiger partial charge in [-0.3, -0.25) is 14.9 Å². The molecular weight excluding hydrogens is 436 g/mol. The third-order valence-electron chi connectivity index (χ3n) is 6.23. The van der Waals surface area contributed by atoms with Crippen molar-refractivity contribution in [3.63, 3.8) is 0 Å². The van der Waals surface area contributed by atoms with Crippen molar-refractivity contribution >= 4 is 44.5 Å². The number of benzene rings is 2. The van der Waals surface area contributed by atoms with E-state index in [4.69, 9.17) is 10.7 Å². The number of nitrogens with two attached hydrogens (primary N) is 1. The summed E-state index contributed by atoms with van der Waals surface area (Å²) in [6, 6.07) is 17.2. The average Bonchev–Trinajstić information content (AvgIpc) is 3.14. The van der Waals surface area contributed by atoms with E-state index >= 15 is 0 Å². The van der Waals surface area contributed by atoms with E-state index in [1.165, 1.54) is 28.5 Å². The van der Waals surface area contributed by atoms with E-state index in [2.05, 4.69) is 35.6 Å². The summed E-state index contributed by atoms with van der Waals surface area (Å²) < 4.78 is 0.